The van der Waals surface area contributed by atoms with Crippen LogP contribution in [0.3, 0.4) is 0 Å². The number of rotatable bonds is 4. The van der Waals surface area contributed by atoms with Crippen LogP contribution in [0.5, 0.6) is 5.88 Å². The number of nitrogens with one attached hydrogen (secondary N) is 1. The maximum absolute atomic E-state index is 12.3. The van der Waals surface area contributed by atoms with E-state index in [0.29, 0.717) is 16.7 Å². The van der Waals surface area contributed by atoms with Crippen LogP contribution in [-0.2, 0) is 16.6 Å². The van der Waals surface area contributed by atoms with Gasteiger partial charge in [-0.1, -0.05) is 12.1 Å². The largest absolute Gasteiger partial charge is 0.480 e. The number of para-hydroxylation sites is 2. The Morgan fingerprint density at radius 3 is 2.75 bits per heavy atom. The van der Waals surface area contributed by atoms with Gasteiger partial charge in [-0.3, -0.25) is 4.21 Å². The lowest BCUT2D eigenvalue weighted by Gasteiger charge is -2.00. The van der Waals surface area contributed by atoms with Crippen LogP contribution in [0.25, 0.3) is 11.0 Å². The number of methoxy groups -OCH3 is 1. The molecule has 0 saturated carbocycles. The Kier molecular flexibility index (Phi) is 3.42. The minimum atomic E-state index is -1.29. The molecule has 3 rings (SSSR count). The summed E-state index contributed by atoms with van der Waals surface area (Å²) in [4.78, 5) is 7.37. The number of nitrogens with zero attached hydrogens (tertiary/aromatic N) is 3. The number of H-pyrrole nitrogens is 1. The fourth-order valence-electron chi connectivity index (χ4n) is 1.77. The molecule has 0 amide bonds. The molecule has 7 heteroatoms. The van der Waals surface area contributed by atoms with Crippen molar-refractivity contribution >= 4 is 21.8 Å². The number of hydrogen-bond donors (Lipinski definition) is 1. The Bertz CT molecular complexity index is 721. The zero-order valence-corrected chi connectivity index (χ0v) is 11.6. The first-order valence-electron chi connectivity index (χ1n) is 5.96. The molecule has 0 spiro atoms. The molecule has 6 nitrogen and oxygen atoms in total. The number of aromatic amines is 1. The van der Waals surface area contributed by atoms with Gasteiger partial charge in [-0.25, -0.2) is 4.98 Å². The molecule has 1 atom stereocenters. The van der Waals surface area contributed by atoms with Gasteiger partial charge in [-0.05, 0) is 18.2 Å². The van der Waals surface area contributed by atoms with Gasteiger partial charge >= 0.3 is 0 Å². The average molecular weight is 288 g/mol. The molecule has 2 heterocycles. The van der Waals surface area contributed by atoms with Crippen LogP contribution in [0.1, 0.15) is 5.69 Å². The van der Waals surface area contributed by atoms with Gasteiger partial charge in [0, 0.05) is 6.07 Å². The van der Waals surface area contributed by atoms with Gasteiger partial charge in [0.25, 0.3) is 0 Å². The van der Waals surface area contributed by atoms with Gasteiger partial charge in [0.05, 0.1) is 40.4 Å². The Morgan fingerprint density at radius 2 is 2.05 bits per heavy atom. The van der Waals surface area contributed by atoms with Crippen molar-refractivity contribution in [3.05, 3.63) is 42.1 Å². The maximum atomic E-state index is 12.3. The highest BCUT2D eigenvalue weighted by molar-refractivity contribution is 7.84. The first kappa shape index (κ1) is 12.7. The highest BCUT2D eigenvalue weighted by Crippen LogP contribution is 2.15. The van der Waals surface area contributed by atoms with Gasteiger partial charge in [0.15, 0.2) is 5.16 Å². The minimum absolute atomic E-state index is 0.261. The number of aromatic nitrogens is 4. The first-order valence-corrected chi connectivity index (χ1v) is 7.28. The van der Waals surface area contributed by atoms with E-state index >= 15 is 0 Å². The van der Waals surface area contributed by atoms with Crippen molar-refractivity contribution in [2.45, 2.75) is 10.9 Å². The molecule has 0 aliphatic carbocycles. The summed E-state index contributed by atoms with van der Waals surface area (Å²) in [5.41, 5.74) is 2.30. The van der Waals surface area contributed by atoms with Gasteiger partial charge in [-0.15, -0.1) is 5.10 Å². The zero-order valence-electron chi connectivity index (χ0n) is 10.7. The Morgan fingerprint density at radius 1 is 1.20 bits per heavy atom. The molecule has 102 valence electrons. The van der Waals surface area contributed by atoms with E-state index in [1.54, 1.807) is 12.1 Å². The highest BCUT2D eigenvalue weighted by atomic mass is 32.2. The normalized spacial score (nSPS) is 12.4. The van der Waals surface area contributed by atoms with Crippen molar-refractivity contribution in [3.8, 4) is 5.88 Å². The molecule has 1 unspecified atom stereocenters. The molecule has 2 aromatic heterocycles. The molecule has 0 aliphatic rings. The molecule has 0 aliphatic heterocycles. The lowest BCUT2D eigenvalue weighted by molar-refractivity contribution is 0.391. The van der Waals surface area contributed by atoms with Gasteiger partial charge in [-0.2, -0.15) is 5.10 Å². The van der Waals surface area contributed by atoms with Crippen LogP contribution in [0.4, 0.5) is 0 Å². The molecule has 0 fully saturated rings. The average Bonchev–Trinajstić information content (AvgIpc) is 2.92. The molecule has 3 aromatic rings. The Hall–Kier alpha value is -2.28. The van der Waals surface area contributed by atoms with Gasteiger partial charge < -0.3 is 9.72 Å². The minimum Gasteiger partial charge on any atom is -0.480 e. The second-order valence-electron chi connectivity index (χ2n) is 4.12. The summed E-state index contributed by atoms with van der Waals surface area (Å²) >= 11 is 0. The molecular weight excluding hydrogens is 276 g/mol. The van der Waals surface area contributed by atoms with E-state index in [-0.39, 0.29) is 5.75 Å². The van der Waals surface area contributed by atoms with Crippen LogP contribution in [0.15, 0.2) is 41.6 Å². The lowest BCUT2D eigenvalue weighted by atomic mass is 10.3. The second-order valence-corrected chi connectivity index (χ2v) is 5.48. The fourth-order valence-corrected chi connectivity index (χ4v) is 2.76. The van der Waals surface area contributed by atoms with Crippen LogP contribution < -0.4 is 4.74 Å². The molecular formula is C13H12N4O2S. The number of benzene rings is 1. The van der Waals surface area contributed by atoms with Gasteiger partial charge in [0.2, 0.25) is 5.88 Å². The van der Waals surface area contributed by atoms with Crippen LogP contribution >= 0.6 is 0 Å². The van der Waals surface area contributed by atoms with Crippen molar-refractivity contribution in [1.29, 1.82) is 0 Å². The standard InChI is InChI=1S/C13H12N4O2S/c1-19-12-7-6-9(16-17-12)8-20(18)13-14-10-4-2-3-5-11(10)15-13/h2-7H,8H2,1H3,(H,14,15). The highest BCUT2D eigenvalue weighted by Gasteiger charge is 2.11. The number of imidazole rings is 1. The molecule has 1 aromatic carbocycles. The number of fused-ring (bicyclic) bond motifs is 1. The van der Waals surface area contributed by atoms with E-state index in [1.807, 2.05) is 24.3 Å². The van der Waals surface area contributed by atoms with Crippen LogP contribution in [0, 0.1) is 0 Å². The van der Waals surface area contributed by atoms with Crippen LogP contribution in [0.2, 0.25) is 0 Å². The Balaban J connectivity index is 1.81. The van der Waals surface area contributed by atoms with E-state index in [4.69, 9.17) is 4.74 Å². The third-order valence-corrected chi connectivity index (χ3v) is 3.95. The van der Waals surface area contributed by atoms with E-state index in [2.05, 4.69) is 20.2 Å². The van der Waals surface area contributed by atoms with Crippen molar-refractivity contribution in [1.82, 2.24) is 20.2 Å². The van der Waals surface area contributed by atoms with Crippen molar-refractivity contribution in [2.75, 3.05) is 7.11 Å². The van der Waals surface area contributed by atoms with Crippen molar-refractivity contribution in [3.63, 3.8) is 0 Å². The smallest absolute Gasteiger partial charge is 0.233 e. The van der Waals surface area contributed by atoms with Gasteiger partial charge in [0.1, 0.15) is 0 Å². The van der Waals surface area contributed by atoms with E-state index in [0.717, 1.165) is 11.0 Å². The number of ether oxygens (including phenoxy) is 1. The summed E-state index contributed by atoms with van der Waals surface area (Å²) in [6, 6.07) is 11.0. The van der Waals surface area contributed by atoms with Crippen molar-refractivity contribution < 1.29 is 8.95 Å². The SMILES string of the molecule is COc1ccc(CS(=O)c2nc3ccccc3[nH]2)nn1. The second kappa shape index (κ2) is 5.38. The number of hydrogen-bond acceptors (Lipinski definition) is 5. The van der Waals surface area contributed by atoms with Crippen LogP contribution in [-0.4, -0.2) is 31.5 Å². The Labute approximate surface area is 117 Å². The molecule has 1 N–H and O–H groups in total. The third-order valence-electron chi connectivity index (χ3n) is 2.77. The summed E-state index contributed by atoms with van der Waals surface area (Å²) in [5, 5.41) is 8.26. The van der Waals surface area contributed by atoms with E-state index < -0.39 is 10.8 Å². The zero-order chi connectivity index (χ0) is 13.9. The molecule has 0 saturated heterocycles. The predicted molar refractivity (Wildman–Crippen MR) is 74.8 cm³/mol. The van der Waals surface area contributed by atoms with E-state index in [1.165, 1.54) is 7.11 Å². The molecule has 0 bridgehead atoms. The summed E-state index contributed by atoms with van der Waals surface area (Å²) in [5.74, 6) is 0.694. The predicted octanol–water partition coefficient (Wildman–Crippen LogP) is 1.67. The molecule has 0 radical (unpaired) electrons. The first-order chi connectivity index (χ1) is 9.76. The topological polar surface area (TPSA) is 80.8 Å². The third kappa shape index (κ3) is 2.53. The van der Waals surface area contributed by atoms with Crippen molar-refractivity contribution in [2.24, 2.45) is 0 Å². The quantitative estimate of drug-likeness (QED) is 0.789. The lowest BCUT2D eigenvalue weighted by Crippen LogP contribution is -2.02. The fraction of sp³-hybridized carbons (Fsp3) is 0.154. The molecule has 20 heavy (non-hydrogen) atoms. The summed E-state index contributed by atoms with van der Waals surface area (Å²) in [6.07, 6.45) is 0. The summed E-state index contributed by atoms with van der Waals surface area (Å²) in [6.45, 7) is 0. The summed E-state index contributed by atoms with van der Waals surface area (Å²) in [7, 11) is 0.238. The van der Waals surface area contributed by atoms with E-state index in [9.17, 15) is 4.21 Å². The summed E-state index contributed by atoms with van der Waals surface area (Å²) < 4.78 is 17.2. The maximum Gasteiger partial charge on any atom is 0.233 e. The monoisotopic (exact) mass is 288 g/mol.